The summed E-state index contributed by atoms with van der Waals surface area (Å²) in [5.41, 5.74) is 3.18. The highest BCUT2D eigenvalue weighted by atomic mass is 28.4. The van der Waals surface area contributed by atoms with Crippen LogP contribution in [0, 0.1) is 23.7 Å². The Labute approximate surface area is 267 Å². The molecule has 0 aromatic heterocycles. The summed E-state index contributed by atoms with van der Waals surface area (Å²) in [5.74, 6) is -2.47. The topological polar surface area (TPSA) is 93.2 Å². The Morgan fingerprint density at radius 1 is 0.578 bits per heavy atom. The van der Waals surface area contributed by atoms with Crippen LogP contribution in [0.3, 0.4) is 0 Å². The zero-order valence-electron chi connectivity index (χ0n) is 26.9. The van der Waals surface area contributed by atoms with E-state index in [4.69, 9.17) is 8.85 Å². The van der Waals surface area contributed by atoms with Crippen molar-refractivity contribution in [3.8, 4) is 0 Å². The van der Waals surface area contributed by atoms with Gasteiger partial charge in [0.2, 0.25) is 23.6 Å². The van der Waals surface area contributed by atoms with Crippen LogP contribution in [0.4, 0.5) is 11.4 Å². The Hall–Kier alpha value is -3.45. The molecule has 45 heavy (non-hydrogen) atoms. The Kier molecular flexibility index (Phi) is 8.22. The molecule has 0 bridgehead atoms. The van der Waals surface area contributed by atoms with E-state index in [0.717, 1.165) is 11.1 Å². The average molecular weight is 643 g/mol. The van der Waals surface area contributed by atoms with Crippen LogP contribution >= 0.6 is 0 Å². The molecule has 0 radical (unpaired) electrons. The minimum Gasteiger partial charge on any atom is -0.411 e. The molecule has 2 fully saturated rings. The Morgan fingerprint density at radius 2 is 0.933 bits per heavy atom. The van der Waals surface area contributed by atoms with E-state index in [-0.39, 0.29) is 35.8 Å². The number of nitrogens with zero attached hydrogens (tertiary/aromatic N) is 2. The normalized spacial score (nSPS) is 28.2. The first-order valence-electron chi connectivity index (χ1n) is 15.8. The molecule has 2 saturated heterocycles. The molecule has 8 nitrogen and oxygen atoms in total. The van der Waals surface area contributed by atoms with Crippen molar-refractivity contribution in [2.45, 2.75) is 70.8 Å². The maximum absolute atomic E-state index is 13.5. The predicted molar refractivity (Wildman–Crippen MR) is 179 cm³/mol. The van der Waals surface area contributed by atoms with Gasteiger partial charge in [-0.3, -0.25) is 19.2 Å². The van der Waals surface area contributed by atoms with Crippen molar-refractivity contribution < 1.29 is 28.0 Å². The van der Waals surface area contributed by atoms with Gasteiger partial charge in [0.05, 0.1) is 47.3 Å². The van der Waals surface area contributed by atoms with Crippen LogP contribution in [0.15, 0.2) is 72.8 Å². The minimum atomic E-state index is -1.91. The average Bonchev–Trinajstić information content (AvgIpc) is 3.38. The highest BCUT2D eigenvalue weighted by molar-refractivity contribution is 6.70. The Morgan fingerprint density at radius 3 is 1.27 bits per heavy atom. The molecule has 0 unspecified atom stereocenters. The van der Waals surface area contributed by atoms with E-state index < -0.39 is 40.3 Å². The zero-order valence-corrected chi connectivity index (χ0v) is 28.9. The van der Waals surface area contributed by atoms with E-state index in [2.05, 4.69) is 39.3 Å². The lowest BCUT2D eigenvalue weighted by Crippen LogP contribution is -2.41. The fourth-order valence-corrected chi connectivity index (χ4v) is 9.09. The van der Waals surface area contributed by atoms with E-state index in [1.54, 1.807) is 0 Å². The standard InChI is InChI=1S/C35H42N2O6Si2/c1-44(2,3)42-28-11-7-9-26-30(28)34(40)36(32(26)38)24-17-13-22(14-18-24)21-23-15-19-25(20-16-23)37-33(39)27-10-8-12-29(31(27)35(37)41)43-45(4,5)6/h7-8,11-20,26-31H,9-10,21H2,1-6H3/t26-,27-,28+,29+,30-,31-/m1/s1. The summed E-state index contributed by atoms with van der Waals surface area (Å²) < 4.78 is 12.6. The molecule has 4 aliphatic rings. The fraction of sp³-hybridized carbons (Fsp3) is 0.429. The van der Waals surface area contributed by atoms with Gasteiger partial charge in [-0.05, 0) is 93.9 Å². The minimum absolute atomic E-state index is 0.165. The Balaban J connectivity index is 1.13. The molecular formula is C35H42N2O6Si2. The van der Waals surface area contributed by atoms with Crippen molar-refractivity contribution in [3.63, 3.8) is 0 Å². The maximum Gasteiger partial charge on any atom is 0.240 e. The molecule has 6 atom stereocenters. The number of carbonyl (C=O) groups is 4. The number of benzene rings is 2. The molecule has 2 aromatic rings. The molecule has 0 saturated carbocycles. The molecule has 4 amide bonds. The molecule has 2 heterocycles. The van der Waals surface area contributed by atoms with Gasteiger partial charge in [-0.25, -0.2) is 9.80 Å². The lowest BCUT2D eigenvalue weighted by atomic mass is 9.83. The number of carbonyl (C=O) groups excluding carboxylic acids is 4. The summed E-state index contributed by atoms with van der Waals surface area (Å²) in [5, 5.41) is 0. The molecule has 10 heteroatoms. The summed E-state index contributed by atoms with van der Waals surface area (Å²) in [6, 6.07) is 15.1. The first-order valence-corrected chi connectivity index (χ1v) is 22.7. The number of hydrogen-bond acceptors (Lipinski definition) is 6. The van der Waals surface area contributed by atoms with E-state index >= 15 is 0 Å². The first kappa shape index (κ1) is 31.5. The van der Waals surface area contributed by atoms with E-state index in [1.807, 2.05) is 72.8 Å². The number of hydrogen-bond donors (Lipinski definition) is 0. The molecule has 2 aromatic carbocycles. The summed E-state index contributed by atoms with van der Waals surface area (Å²) in [6.45, 7) is 12.5. The third kappa shape index (κ3) is 6.21. The number of allylic oxidation sites excluding steroid dienone is 2. The van der Waals surface area contributed by atoms with Gasteiger partial charge in [0.25, 0.3) is 0 Å². The molecule has 0 N–H and O–H groups in total. The smallest absolute Gasteiger partial charge is 0.240 e. The largest absolute Gasteiger partial charge is 0.411 e. The quantitative estimate of drug-likeness (QED) is 0.204. The van der Waals surface area contributed by atoms with Gasteiger partial charge in [-0.2, -0.15) is 0 Å². The second-order valence-electron chi connectivity index (χ2n) is 14.5. The predicted octanol–water partition coefficient (Wildman–Crippen LogP) is 5.85. The third-order valence-corrected chi connectivity index (χ3v) is 10.8. The van der Waals surface area contributed by atoms with Gasteiger partial charge in [0.15, 0.2) is 16.6 Å². The second kappa shape index (κ2) is 11.7. The highest BCUT2D eigenvalue weighted by Crippen LogP contribution is 2.41. The van der Waals surface area contributed by atoms with Crippen LogP contribution in [-0.4, -0.2) is 52.5 Å². The van der Waals surface area contributed by atoms with Crippen LogP contribution in [0.2, 0.25) is 39.3 Å². The molecule has 2 aliphatic heterocycles. The van der Waals surface area contributed by atoms with Crippen LogP contribution in [-0.2, 0) is 34.5 Å². The third-order valence-electron chi connectivity index (χ3n) is 8.87. The van der Waals surface area contributed by atoms with Crippen molar-refractivity contribution >= 4 is 51.6 Å². The fourth-order valence-electron chi connectivity index (χ4n) is 7.00. The molecular weight excluding hydrogens is 601 g/mol. The molecule has 2 aliphatic carbocycles. The van der Waals surface area contributed by atoms with Crippen molar-refractivity contribution in [1.29, 1.82) is 0 Å². The number of imide groups is 2. The van der Waals surface area contributed by atoms with Gasteiger partial charge in [-0.1, -0.05) is 48.6 Å². The summed E-state index contributed by atoms with van der Waals surface area (Å²) >= 11 is 0. The molecule has 6 rings (SSSR count). The van der Waals surface area contributed by atoms with Gasteiger partial charge < -0.3 is 8.85 Å². The van der Waals surface area contributed by atoms with E-state index in [9.17, 15) is 19.2 Å². The van der Waals surface area contributed by atoms with Crippen LogP contribution in [0.25, 0.3) is 0 Å². The monoisotopic (exact) mass is 642 g/mol. The van der Waals surface area contributed by atoms with Gasteiger partial charge >= 0.3 is 0 Å². The number of fused-ring (bicyclic) bond motifs is 2. The lowest BCUT2D eigenvalue weighted by molar-refractivity contribution is -0.124. The van der Waals surface area contributed by atoms with Crippen LogP contribution in [0.5, 0.6) is 0 Å². The number of rotatable bonds is 8. The van der Waals surface area contributed by atoms with Crippen LogP contribution < -0.4 is 9.80 Å². The summed E-state index contributed by atoms with van der Waals surface area (Å²) in [7, 11) is -3.83. The van der Waals surface area contributed by atoms with Crippen molar-refractivity contribution in [3.05, 3.63) is 84.0 Å². The van der Waals surface area contributed by atoms with Crippen molar-refractivity contribution in [2.75, 3.05) is 9.80 Å². The lowest BCUT2D eigenvalue weighted by Gasteiger charge is -2.31. The highest BCUT2D eigenvalue weighted by Gasteiger charge is 2.54. The first-order chi connectivity index (χ1) is 21.2. The van der Waals surface area contributed by atoms with E-state index in [0.29, 0.717) is 30.6 Å². The SMILES string of the molecule is C[Si](C)(C)O[C@H]1C=CC[C@H]2C(=O)N(c3ccc(Cc4ccc(N5C(=O)[C@H]6[C@@H](O[Si](C)(C)C)C=CC[C@H]6C5=O)cc4)cc3)C(=O)[C@@H]12. The number of anilines is 2. The summed E-state index contributed by atoms with van der Waals surface area (Å²) in [4.78, 5) is 56.4. The summed E-state index contributed by atoms with van der Waals surface area (Å²) in [6.07, 6.45) is 8.80. The van der Waals surface area contributed by atoms with Crippen molar-refractivity contribution in [2.24, 2.45) is 23.7 Å². The Bertz CT molecular complexity index is 1450. The molecule has 0 spiro atoms. The van der Waals surface area contributed by atoms with Gasteiger partial charge in [0, 0.05) is 0 Å². The zero-order chi connectivity index (χ0) is 32.3. The van der Waals surface area contributed by atoms with Gasteiger partial charge in [0.1, 0.15) is 0 Å². The second-order valence-corrected chi connectivity index (χ2v) is 23.4. The van der Waals surface area contributed by atoms with E-state index in [1.165, 1.54) is 9.80 Å². The van der Waals surface area contributed by atoms with Crippen molar-refractivity contribution in [1.82, 2.24) is 0 Å². The number of amides is 4. The molecule has 236 valence electrons. The van der Waals surface area contributed by atoms with Crippen LogP contribution in [0.1, 0.15) is 24.0 Å². The maximum atomic E-state index is 13.5. The van der Waals surface area contributed by atoms with Gasteiger partial charge in [-0.15, -0.1) is 0 Å².